The van der Waals surface area contributed by atoms with Gasteiger partial charge in [-0.1, -0.05) is 0 Å². The first-order chi connectivity index (χ1) is 6.66. The first-order valence-corrected chi connectivity index (χ1v) is 5.00. The summed E-state index contributed by atoms with van der Waals surface area (Å²) in [5.74, 6) is 0.337. The largest absolute Gasteiger partial charge is 0.330 e. The molecule has 2 fully saturated rings. The van der Waals surface area contributed by atoms with Crippen LogP contribution in [0.3, 0.4) is 0 Å². The minimum atomic E-state index is -0.622. The molecule has 5 nitrogen and oxygen atoms in total. The van der Waals surface area contributed by atoms with Crippen molar-refractivity contribution in [1.29, 1.82) is 0 Å². The maximum Gasteiger partial charge on any atom is 0.322 e. The molecule has 0 aromatic heterocycles. The molecule has 0 unspecified atom stereocenters. The van der Waals surface area contributed by atoms with Crippen molar-refractivity contribution in [3.63, 3.8) is 0 Å². The highest BCUT2D eigenvalue weighted by Crippen LogP contribution is 2.33. The summed E-state index contributed by atoms with van der Waals surface area (Å²) in [7, 11) is 0. The van der Waals surface area contributed by atoms with Crippen LogP contribution in [0.2, 0.25) is 0 Å². The fraction of sp³-hybridized carbons (Fsp3) is 0.778. The molecule has 0 aromatic carbocycles. The van der Waals surface area contributed by atoms with Gasteiger partial charge in [-0.25, -0.2) is 4.79 Å². The number of urea groups is 1. The second-order valence-corrected chi connectivity index (χ2v) is 4.17. The van der Waals surface area contributed by atoms with Gasteiger partial charge in [0.2, 0.25) is 0 Å². The third-order valence-electron chi connectivity index (χ3n) is 3.31. The molecule has 0 bridgehead atoms. The topological polar surface area (TPSA) is 84.2 Å². The first kappa shape index (κ1) is 12.3. The van der Waals surface area contributed by atoms with E-state index in [2.05, 4.69) is 10.6 Å². The molecule has 1 spiro atoms. The molecule has 6 heteroatoms. The summed E-state index contributed by atoms with van der Waals surface area (Å²) in [6.45, 7) is 0.672. The number of carbonyl (C=O) groups excluding carboxylic acids is 2. The number of nitrogens with one attached hydrogen (secondary N) is 2. The summed E-state index contributed by atoms with van der Waals surface area (Å²) < 4.78 is 0. The number of halogens is 1. The molecule has 0 atom stereocenters. The van der Waals surface area contributed by atoms with Crippen molar-refractivity contribution in [2.24, 2.45) is 11.7 Å². The monoisotopic (exact) mass is 233 g/mol. The van der Waals surface area contributed by atoms with E-state index in [1.54, 1.807) is 0 Å². The van der Waals surface area contributed by atoms with Gasteiger partial charge in [-0.3, -0.25) is 10.1 Å². The van der Waals surface area contributed by atoms with Crippen molar-refractivity contribution < 1.29 is 9.59 Å². The highest BCUT2D eigenvalue weighted by Gasteiger charge is 2.47. The lowest BCUT2D eigenvalue weighted by molar-refractivity contribution is -0.125. The van der Waals surface area contributed by atoms with E-state index >= 15 is 0 Å². The minimum absolute atomic E-state index is 0. The van der Waals surface area contributed by atoms with Crippen molar-refractivity contribution in [3.8, 4) is 0 Å². The zero-order valence-electron chi connectivity index (χ0n) is 8.41. The van der Waals surface area contributed by atoms with Crippen LogP contribution in [-0.2, 0) is 4.79 Å². The van der Waals surface area contributed by atoms with Crippen LogP contribution in [0.1, 0.15) is 25.7 Å². The highest BCUT2D eigenvalue weighted by molar-refractivity contribution is 6.07. The van der Waals surface area contributed by atoms with Crippen molar-refractivity contribution in [1.82, 2.24) is 10.6 Å². The van der Waals surface area contributed by atoms with E-state index in [1.807, 2.05) is 0 Å². The molecule has 1 aliphatic heterocycles. The molecule has 4 N–H and O–H groups in total. The van der Waals surface area contributed by atoms with Crippen LogP contribution in [0, 0.1) is 5.92 Å². The smallest absolute Gasteiger partial charge is 0.322 e. The second-order valence-electron chi connectivity index (χ2n) is 4.17. The Morgan fingerprint density at radius 1 is 1.33 bits per heavy atom. The van der Waals surface area contributed by atoms with Crippen molar-refractivity contribution >= 4 is 24.3 Å². The Labute approximate surface area is 94.6 Å². The van der Waals surface area contributed by atoms with E-state index < -0.39 is 5.54 Å². The lowest BCUT2D eigenvalue weighted by Gasteiger charge is -2.33. The Morgan fingerprint density at radius 2 is 1.93 bits per heavy atom. The van der Waals surface area contributed by atoms with E-state index in [-0.39, 0.29) is 24.3 Å². The molecule has 1 aliphatic carbocycles. The fourth-order valence-corrected chi connectivity index (χ4v) is 2.29. The maximum atomic E-state index is 11.5. The van der Waals surface area contributed by atoms with E-state index in [0.717, 1.165) is 12.8 Å². The number of amides is 3. The molecule has 1 saturated heterocycles. The molecule has 2 rings (SSSR count). The van der Waals surface area contributed by atoms with E-state index in [4.69, 9.17) is 5.73 Å². The quantitative estimate of drug-likeness (QED) is 0.563. The summed E-state index contributed by atoms with van der Waals surface area (Å²) in [5.41, 5.74) is 4.94. The number of rotatable bonds is 1. The van der Waals surface area contributed by atoms with Gasteiger partial charge in [-0.2, -0.15) is 0 Å². The van der Waals surface area contributed by atoms with E-state index in [1.165, 1.54) is 0 Å². The van der Waals surface area contributed by atoms with Crippen molar-refractivity contribution in [2.45, 2.75) is 31.2 Å². The molecule has 15 heavy (non-hydrogen) atoms. The number of carbonyl (C=O) groups is 2. The molecule has 1 heterocycles. The molecule has 2 aliphatic rings. The van der Waals surface area contributed by atoms with Gasteiger partial charge >= 0.3 is 6.03 Å². The Bertz CT molecular complexity index is 275. The van der Waals surface area contributed by atoms with Crippen LogP contribution in [0.4, 0.5) is 4.79 Å². The molecular formula is C9H16ClN3O2. The zero-order valence-corrected chi connectivity index (χ0v) is 9.23. The normalized spacial score (nSPS) is 34.6. The van der Waals surface area contributed by atoms with Crippen LogP contribution in [0.15, 0.2) is 0 Å². The zero-order chi connectivity index (χ0) is 10.2. The Hall–Kier alpha value is -0.810. The van der Waals surface area contributed by atoms with Crippen molar-refractivity contribution in [2.75, 3.05) is 6.54 Å². The lowest BCUT2D eigenvalue weighted by Crippen LogP contribution is -2.49. The van der Waals surface area contributed by atoms with Gasteiger partial charge in [-0.05, 0) is 38.1 Å². The van der Waals surface area contributed by atoms with Crippen LogP contribution in [0.25, 0.3) is 0 Å². The molecule has 86 valence electrons. The molecule has 0 aromatic rings. The molecular weight excluding hydrogens is 218 g/mol. The summed E-state index contributed by atoms with van der Waals surface area (Å²) in [6, 6.07) is -0.360. The predicted molar refractivity (Wildman–Crippen MR) is 57.7 cm³/mol. The Kier molecular flexibility index (Phi) is 3.57. The highest BCUT2D eigenvalue weighted by atomic mass is 35.5. The number of nitrogens with two attached hydrogens (primary N) is 1. The predicted octanol–water partition coefficient (Wildman–Crippen LogP) is 0.135. The Morgan fingerprint density at radius 3 is 2.33 bits per heavy atom. The number of imide groups is 1. The lowest BCUT2D eigenvalue weighted by atomic mass is 9.76. The van der Waals surface area contributed by atoms with Crippen LogP contribution < -0.4 is 16.4 Å². The summed E-state index contributed by atoms with van der Waals surface area (Å²) in [5, 5.41) is 5.01. The average Bonchev–Trinajstić information content (AvgIpc) is 2.43. The van der Waals surface area contributed by atoms with Gasteiger partial charge in [0.1, 0.15) is 5.54 Å². The SMILES string of the molecule is Cl.NCC1CCC2(CC1)NC(=O)NC2=O. The fourth-order valence-electron chi connectivity index (χ4n) is 2.29. The standard InChI is InChI=1S/C9H15N3O2.ClH/c10-5-6-1-3-9(4-2-6)7(13)11-8(14)12-9;/h6H,1-5,10H2,(H2,11,12,13,14);1H. The first-order valence-electron chi connectivity index (χ1n) is 5.00. The van der Waals surface area contributed by atoms with Gasteiger partial charge in [0.25, 0.3) is 5.91 Å². The van der Waals surface area contributed by atoms with Gasteiger partial charge in [0.05, 0.1) is 0 Å². The van der Waals surface area contributed by atoms with E-state index in [0.29, 0.717) is 25.3 Å². The van der Waals surface area contributed by atoms with Gasteiger partial charge in [-0.15, -0.1) is 12.4 Å². The van der Waals surface area contributed by atoms with Crippen LogP contribution in [0.5, 0.6) is 0 Å². The summed E-state index contributed by atoms with van der Waals surface area (Å²) >= 11 is 0. The van der Waals surface area contributed by atoms with Gasteiger partial charge in [0, 0.05) is 0 Å². The van der Waals surface area contributed by atoms with E-state index in [9.17, 15) is 9.59 Å². The average molecular weight is 234 g/mol. The Balaban J connectivity index is 0.00000112. The molecule has 1 saturated carbocycles. The third-order valence-corrected chi connectivity index (χ3v) is 3.31. The number of hydrogen-bond acceptors (Lipinski definition) is 3. The molecule has 3 amide bonds. The van der Waals surface area contributed by atoms with Crippen molar-refractivity contribution in [3.05, 3.63) is 0 Å². The summed E-state index contributed by atoms with van der Waals surface area (Å²) in [4.78, 5) is 22.5. The summed E-state index contributed by atoms with van der Waals surface area (Å²) in [6.07, 6.45) is 3.27. The second kappa shape index (κ2) is 4.37. The minimum Gasteiger partial charge on any atom is -0.330 e. The van der Waals surface area contributed by atoms with Gasteiger partial charge < -0.3 is 11.1 Å². The van der Waals surface area contributed by atoms with Gasteiger partial charge in [0.15, 0.2) is 0 Å². The van der Waals surface area contributed by atoms with Crippen LogP contribution >= 0.6 is 12.4 Å². The number of hydrogen-bond donors (Lipinski definition) is 3. The van der Waals surface area contributed by atoms with Crippen LogP contribution in [-0.4, -0.2) is 24.0 Å². The third kappa shape index (κ3) is 2.08. The molecule has 0 radical (unpaired) electrons. The maximum absolute atomic E-state index is 11.5.